The van der Waals surface area contributed by atoms with E-state index >= 15 is 0 Å². The summed E-state index contributed by atoms with van der Waals surface area (Å²) in [7, 11) is 3.66. The van der Waals surface area contributed by atoms with Gasteiger partial charge in [-0.15, -0.1) is 0 Å². The molecule has 0 saturated heterocycles. The summed E-state index contributed by atoms with van der Waals surface area (Å²) in [6.45, 7) is 0.717. The van der Waals surface area contributed by atoms with E-state index in [0.717, 1.165) is 5.56 Å². The Balaban J connectivity index is 2.19. The van der Waals surface area contributed by atoms with Gasteiger partial charge in [-0.05, 0) is 19.7 Å². The van der Waals surface area contributed by atoms with Crippen molar-refractivity contribution >= 4 is 5.91 Å². The first-order valence-corrected chi connectivity index (χ1v) is 4.78. The lowest BCUT2D eigenvalue weighted by Gasteiger charge is -2.09. The smallest absolute Gasteiger partial charge is 0.257 e. The molecule has 1 aromatic rings. The summed E-state index contributed by atoms with van der Waals surface area (Å²) < 4.78 is 0. The van der Waals surface area contributed by atoms with Gasteiger partial charge in [0.05, 0.1) is 13.2 Å². The molecular formula is C11H16N2O2. The largest absolute Gasteiger partial charge is 0.301 e. The van der Waals surface area contributed by atoms with E-state index in [1.807, 2.05) is 44.4 Å². The van der Waals surface area contributed by atoms with Gasteiger partial charge < -0.3 is 4.90 Å². The standard InChI is InChI=1S/C11H16N2O2/c1-13(2)8-11(14)12-15-9-10-6-4-3-5-7-10/h3-7H,8-9H2,1-2H3,(H,12,14). The summed E-state index contributed by atoms with van der Waals surface area (Å²) in [5.74, 6) is -0.143. The summed E-state index contributed by atoms with van der Waals surface area (Å²) in [6.07, 6.45) is 0. The summed E-state index contributed by atoms with van der Waals surface area (Å²) in [5, 5.41) is 0. The van der Waals surface area contributed by atoms with E-state index in [9.17, 15) is 4.79 Å². The SMILES string of the molecule is CN(C)CC(=O)NOCc1ccccc1. The second-order valence-corrected chi connectivity index (χ2v) is 3.54. The molecule has 0 aliphatic rings. The van der Waals surface area contributed by atoms with Gasteiger partial charge in [-0.1, -0.05) is 30.3 Å². The Labute approximate surface area is 89.8 Å². The van der Waals surface area contributed by atoms with Crippen LogP contribution in [0.5, 0.6) is 0 Å². The number of nitrogens with one attached hydrogen (secondary N) is 1. The van der Waals surface area contributed by atoms with Gasteiger partial charge in [0.15, 0.2) is 0 Å². The first-order valence-electron chi connectivity index (χ1n) is 4.78. The van der Waals surface area contributed by atoms with Crippen LogP contribution in [0.2, 0.25) is 0 Å². The lowest BCUT2D eigenvalue weighted by Crippen LogP contribution is -2.33. The van der Waals surface area contributed by atoms with Crippen molar-refractivity contribution in [3.8, 4) is 0 Å². The van der Waals surface area contributed by atoms with Crippen LogP contribution < -0.4 is 5.48 Å². The molecule has 4 heteroatoms. The molecule has 1 rings (SSSR count). The topological polar surface area (TPSA) is 41.6 Å². The summed E-state index contributed by atoms with van der Waals surface area (Å²) in [4.78, 5) is 18.0. The fourth-order valence-electron chi connectivity index (χ4n) is 1.09. The number of rotatable bonds is 5. The Morgan fingerprint density at radius 3 is 2.60 bits per heavy atom. The molecule has 0 spiro atoms. The predicted octanol–water partition coefficient (Wildman–Crippen LogP) is 0.796. The quantitative estimate of drug-likeness (QED) is 0.728. The molecule has 0 fully saturated rings. The van der Waals surface area contributed by atoms with Crippen molar-refractivity contribution in [3.05, 3.63) is 35.9 Å². The van der Waals surface area contributed by atoms with Crippen LogP contribution in [-0.4, -0.2) is 31.4 Å². The Morgan fingerprint density at radius 2 is 2.00 bits per heavy atom. The van der Waals surface area contributed by atoms with E-state index < -0.39 is 0 Å². The Kier molecular flexibility index (Phi) is 4.80. The van der Waals surface area contributed by atoms with Crippen molar-refractivity contribution in [2.45, 2.75) is 6.61 Å². The number of likely N-dealkylation sites (N-methyl/N-ethyl adjacent to an activating group) is 1. The van der Waals surface area contributed by atoms with E-state index in [4.69, 9.17) is 4.84 Å². The molecule has 0 aliphatic heterocycles. The molecule has 0 saturated carbocycles. The number of hydroxylamine groups is 1. The third kappa shape index (κ3) is 5.15. The Morgan fingerprint density at radius 1 is 1.33 bits per heavy atom. The van der Waals surface area contributed by atoms with Crippen LogP contribution in [0.3, 0.4) is 0 Å². The number of carbonyl (C=O) groups is 1. The first kappa shape index (κ1) is 11.7. The highest BCUT2D eigenvalue weighted by Crippen LogP contribution is 1.98. The fourth-order valence-corrected chi connectivity index (χ4v) is 1.09. The molecular weight excluding hydrogens is 192 g/mol. The van der Waals surface area contributed by atoms with Gasteiger partial charge >= 0.3 is 0 Å². The third-order valence-corrected chi connectivity index (χ3v) is 1.73. The second-order valence-electron chi connectivity index (χ2n) is 3.54. The maximum atomic E-state index is 11.2. The van der Waals surface area contributed by atoms with Gasteiger partial charge in [-0.2, -0.15) is 0 Å². The van der Waals surface area contributed by atoms with Crippen LogP contribution >= 0.6 is 0 Å². The average molecular weight is 208 g/mol. The molecule has 0 radical (unpaired) electrons. The zero-order valence-electron chi connectivity index (χ0n) is 9.06. The number of hydrogen-bond acceptors (Lipinski definition) is 3. The van der Waals surface area contributed by atoms with E-state index in [2.05, 4.69) is 5.48 Å². The molecule has 0 unspecified atom stereocenters. The molecule has 82 valence electrons. The summed E-state index contributed by atoms with van der Waals surface area (Å²) in [5.41, 5.74) is 3.41. The highest BCUT2D eigenvalue weighted by molar-refractivity contribution is 5.76. The maximum absolute atomic E-state index is 11.2. The lowest BCUT2D eigenvalue weighted by molar-refractivity contribution is -0.135. The van der Waals surface area contributed by atoms with Gasteiger partial charge in [-0.3, -0.25) is 9.63 Å². The van der Waals surface area contributed by atoms with Gasteiger partial charge in [0, 0.05) is 0 Å². The van der Waals surface area contributed by atoms with Crippen molar-refractivity contribution in [3.63, 3.8) is 0 Å². The highest BCUT2D eigenvalue weighted by Gasteiger charge is 2.01. The molecule has 0 atom stereocenters. The van der Waals surface area contributed by atoms with Crippen LogP contribution in [0.1, 0.15) is 5.56 Å². The minimum atomic E-state index is -0.143. The number of amides is 1. The van der Waals surface area contributed by atoms with Gasteiger partial charge in [0.1, 0.15) is 0 Å². The van der Waals surface area contributed by atoms with E-state index in [-0.39, 0.29) is 5.91 Å². The molecule has 0 aliphatic carbocycles. The lowest BCUT2D eigenvalue weighted by atomic mass is 10.2. The fraction of sp³-hybridized carbons (Fsp3) is 0.364. The average Bonchev–Trinajstić information content (AvgIpc) is 2.18. The first-order chi connectivity index (χ1) is 7.18. The second kappa shape index (κ2) is 6.16. The predicted molar refractivity (Wildman–Crippen MR) is 57.9 cm³/mol. The van der Waals surface area contributed by atoms with Gasteiger partial charge in [0.2, 0.25) is 0 Å². The minimum absolute atomic E-state index is 0.143. The van der Waals surface area contributed by atoms with E-state index in [1.54, 1.807) is 4.90 Å². The molecule has 15 heavy (non-hydrogen) atoms. The van der Waals surface area contributed by atoms with E-state index in [1.165, 1.54) is 0 Å². The zero-order valence-corrected chi connectivity index (χ0v) is 9.06. The molecule has 1 N–H and O–H groups in total. The molecule has 0 heterocycles. The minimum Gasteiger partial charge on any atom is -0.301 e. The monoisotopic (exact) mass is 208 g/mol. The van der Waals surface area contributed by atoms with Crippen molar-refractivity contribution in [2.24, 2.45) is 0 Å². The Bertz CT molecular complexity index is 299. The molecule has 0 bridgehead atoms. The summed E-state index contributed by atoms with van der Waals surface area (Å²) >= 11 is 0. The van der Waals surface area contributed by atoms with Crippen molar-refractivity contribution in [1.82, 2.24) is 10.4 Å². The number of carbonyl (C=O) groups excluding carboxylic acids is 1. The maximum Gasteiger partial charge on any atom is 0.257 e. The molecule has 1 aromatic carbocycles. The summed E-state index contributed by atoms with van der Waals surface area (Å²) in [6, 6.07) is 9.69. The van der Waals surface area contributed by atoms with Crippen molar-refractivity contribution in [1.29, 1.82) is 0 Å². The number of hydrogen-bond donors (Lipinski definition) is 1. The number of benzene rings is 1. The molecule has 0 aromatic heterocycles. The van der Waals surface area contributed by atoms with Crippen LogP contribution in [0, 0.1) is 0 Å². The molecule has 1 amide bonds. The highest BCUT2D eigenvalue weighted by atomic mass is 16.6. The van der Waals surface area contributed by atoms with Gasteiger partial charge in [0.25, 0.3) is 5.91 Å². The van der Waals surface area contributed by atoms with Crippen molar-refractivity contribution < 1.29 is 9.63 Å². The van der Waals surface area contributed by atoms with Crippen LogP contribution in [0.15, 0.2) is 30.3 Å². The van der Waals surface area contributed by atoms with Crippen molar-refractivity contribution in [2.75, 3.05) is 20.6 Å². The van der Waals surface area contributed by atoms with E-state index in [0.29, 0.717) is 13.2 Å². The molecule has 4 nitrogen and oxygen atoms in total. The number of nitrogens with zero attached hydrogens (tertiary/aromatic N) is 1. The van der Waals surface area contributed by atoms with Crippen LogP contribution in [-0.2, 0) is 16.2 Å². The zero-order chi connectivity index (χ0) is 11.1. The van der Waals surface area contributed by atoms with Crippen LogP contribution in [0.4, 0.5) is 0 Å². The Hall–Kier alpha value is -1.39. The normalized spacial score (nSPS) is 10.3. The third-order valence-electron chi connectivity index (χ3n) is 1.73. The van der Waals surface area contributed by atoms with Gasteiger partial charge in [-0.25, -0.2) is 5.48 Å². The van der Waals surface area contributed by atoms with Crippen LogP contribution in [0.25, 0.3) is 0 Å².